The molecule has 1 fully saturated rings. The molecular weight excluding hydrogens is 257 g/mol. The second-order valence-electron chi connectivity index (χ2n) is 5.63. The summed E-state index contributed by atoms with van der Waals surface area (Å²) in [6.45, 7) is 3.85. The molecule has 4 heteroatoms. The number of aliphatic carboxylic acids is 1. The molecule has 0 saturated carbocycles. The summed E-state index contributed by atoms with van der Waals surface area (Å²) in [7, 11) is 0. The number of likely N-dealkylation sites (tertiary alicyclic amines) is 1. The second-order valence-corrected chi connectivity index (χ2v) is 5.63. The fourth-order valence-corrected chi connectivity index (χ4v) is 3.02. The molecule has 110 valence electrons. The molecule has 3 nitrogen and oxygen atoms in total. The zero-order chi connectivity index (χ0) is 14.5. The highest BCUT2D eigenvalue weighted by Gasteiger charge is 2.25. The van der Waals surface area contributed by atoms with E-state index in [0.717, 1.165) is 37.9 Å². The summed E-state index contributed by atoms with van der Waals surface area (Å²) >= 11 is 0. The van der Waals surface area contributed by atoms with E-state index in [1.165, 1.54) is 6.07 Å². The maximum Gasteiger partial charge on any atom is 0.303 e. The molecule has 1 N–H and O–H groups in total. The SMILES string of the molecule is CC(c1ccccc1F)N1CCCC(CCC(=O)O)C1. The van der Waals surface area contributed by atoms with Crippen molar-refractivity contribution < 1.29 is 14.3 Å². The van der Waals surface area contributed by atoms with E-state index in [4.69, 9.17) is 5.11 Å². The fourth-order valence-electron chi connectivity index (χ4n) is 3.02. The van der Waals surface area contributed by atoms with Crippen molar-refractivity contribution in [3.05, 3.63) is 35.6 Å². The van der Waals surface area contributed by atoms with E-state index in [9.17, 15) is 9.18 Å². The third-order valence-corrected chi connectivity index (χ3v) is 4.22. The van der Waals surface area contributed by atoms with Crippen molar-refractivity contribution >= 4 is 5.97 Å². The molecule has 20 heavy (non-hydrogen) atoms. The molecule has 0 radical (unpaired) electrons. The van der Waals surface area contributed by atoms with E-state index in [1.54, 1.807) is 6.07 Å². The summed E-state index contributed by atoms with van der Waals surface area (Å²) in [6, 6.07) is 6.94. The number of halogens is 1. The monoisotopic (exact) mass is 279 g/mol. The van der Waals surface area contributed by atoms with Gasteiger partial charge in [-0.2, -0.15) is 0 Å². The Bertz CT molecular complexity index is 464. The van der Waals surface area contributed by atoms with Crippen molar-refractivity contribution in [2.24, 2.45) is 5.92 Å². The Morgan fingerprint density at radius 2 is 2.25 bits per heavy atom. The lowest BCUT2D eigenvalue weighted by Crippen LogP contribution is -2.37. The van der Waals surface area contributed by atoms with Crippen LogP contribution in [0.25, 0.3) is 0 Å². The average Bonchev–Trinajstić information content (AvgIpc) is 2.45. The number of rotatable bonds is 5. The number of carboxylic acid groups (broad SMARTS) is 1. The third kappa shape index (κ3) is 3.79. The number of piperidine rings is 1. The van der Waals surface area contributed by atoms with Crippen LogP contribution in [0.1, 0.15) is 44.2 Å². The first-order chi connectivity index (χ1) is 9.58. The van der Waals surface area contributed by atoms with E-state index in [0.29, 0.717) is 5.92 Å². The lowest BCUT2D eigenvalue weighted by molar-refractivity contribution is -0.137. The first kappa shape index (κ1) is 15.0. The first-order valence-corrected chi connectivity index (χ1v) is 7.28. The van der Waals surface area contributed by atoms with Gasteiger partial charge in [0.05, 0.1) is 0 Å². The van der Waals surface area contributed by atoms with Gasteiger partial charge >= 0.3 is 5.97 Å². The standard InChI is InChI=1S/C16H22FNO2/c1-12(14-6-2-3-7-15(14)17)18-10-4-5-13(11-18)8-9-16(19)20/h2-3,6-7,12-13H,4-5,8-11H2,1H3,(H,19,20). The van der Waals surface area contributed by atoms with Crippen LogP contribution in [0.3, 0.4) is 0 Å². The van der Waals surface area contributed by atoms with Crippen LogP contribution in [-0.2, 0) is 4.79 Å². The summed E-state index contributed by atoms with van der Waals surface area (Å²) in [5.41, 5.74) is 0.728. The quantitative estimate of drug-likeness (QED) is 0.897. The van der Waals surface area contributed by atoms with Gasteiger partial charge in [-0.15, -0.1) is 0 Å². The Kier molecular flexibility index (Phi) is 5.12. The summed E-state index contributed by atoms with van der Waals surface area (Å²) in [5, 5.41) is 8.77. The van der Waals surface area contributed by atoms with Crippen LogP contribution in [-0.4, -0.2) is 29.1 Å². The van der Waals surface area contributed by atoms with Gasteiger partial charge < -0.3 is 5.11 Å². The van der Waals surface area contributed by atoms with Crippen molar-refractivity contribution in [2.45, 2.75) is 38.6 Å². The minimum absolute atomic E-state index is 0.0452. The molecule has 1 aliphatic heterocycles. The van der Waals surface area contributed by atoms with Gasteiger partial charge in [0.15, 0.2) is 0 Å². The Morgan fingerprint density at radius 1 is 1.50 bits per heavy atom. The Labute approximate surface area is 119 Å². The maximum absolute atomic E-state index is 13.8. The van der Waals surface area contributed by atoms with Crippen LogP contribution in [0.5, 0.6) is 0 Å². The highest BCUT2D eigenvalue weighted by atomic mass is 19.1. The predicted octanol–water partition coefficient (Wildman–Crippen LogP) is 3.46. The Hall–Kier alpha value is -1.42. The fraction of sp³-hybridized carbons (Fsp3) is 0.562. The molecule has 0 amide bonds. The van der Waals surface area contributed by atoms with E-state index < -0.39 is 5.97 Å². The topological polar surface area (TPSA) is 40.5 Å². The van der Waals surface area contributed by atoms with Gasteiger partial charge in [-0.3, -0.25) is 9.69 Å². The molecule has 0 aromatic heterocycles. The molecule has 2 unspecified atom stereocenters. The average molecular weight is 279 g/mol. The zero-order valence-electron chi connectivity index (χ0n) is 11.9. The number of carbonyl (C=O) groups is 1. The molecule has 1 heterocycles. The minimum atomic E-state index is -0.732. The lowest BCUT2D eigenvalue weighted by atomic mass is 9.91. The largest absolute Gasteiger partial charge is 0.481 e. The van der Waals surface area contributed by atoms with E-state index in [-0.39, 0.29) is 18.3 Å². The van der Waals surface area contributed by atoms with Crippen LogP contribution in [0, 0.1) is 11.7 Å². The molecule has 1 aromatic rings. The van der Waals surface area contributed by atoms with Crippen LogP contribution in [0.2, 0.25) is 0 Å². The predicted molar refractivity (Wildman–Crippen MR) is 76.0 cm³/mol. The van der Waals surface area contributed by atoms with E-state index >= 15 is 0 Å². The smallest absolute Gasteiger partial charge is 0.303 e. The molecule has 0 spiro atoms. The lowest BCUT2D eigenvalue weighted by Gasteiger charge is -2.37. The highest BCUT2D eigenvalue weighted by molar-refractivity contribution is 5.66. The van der Waals surface area contributed by atoms with Gasteiger partial charge in [0.25, 0.3) is 0 Å². The maximum atomic E-state index is 13.8. The molecule has 1 aliphatic rings. The van der Waals surface area contributed by atoms with Crippen molar-refractivity contribution in [1.82, 2.24) is 4.90 Å². The number of hydrogen-bond donors (Lipinski definition) is 1. The van der Waals surface area contributed by atoms with Crippen LogP contribution in [0.4, 0.5) is 4.39 Å². The minimum Gasteiger partial charge on any atom is -0.481 e. The first-order valence-electron chi connectivity index (χ1n) is 7.28. The second kappa shape index (κ2) is 6.84. The number of carboxylic acids is 1. The van der Waals surface area contributed by atoms with Crippen LogP contribution in [0.15, 0.2) is 24.3 Å². The van der Waals surface area contributed by atoms with Gasteiger partial charge in [0.1, 0.15) is 5.82 Å². The Balaban J connectivity index is 1.98. The molecule has 2 rings (SSSR count). The molecule has 2 atom stereocenters. The van der Waals surface area contributed by atoms with Gasteiger partial charge in [-0.05, 0) is 44.7 Å². The van der Waals surface area contributed by atoms with Gasteiger partial charge in [-0.25, -0.2) is 4.39 Å². The molecule has 1 saturated heterocycles. The molecule has 0 bridgehead atoms. The molecular formula is C16H22FNO2. The third-order valence-electron chi connectivity index (χ3n) is 4.22. The van der Waals surface area contributed by atoms with Crippen molar-refractivity contribution in [1.29, 1.82) is 0 Å². The van der Waals surface area contributed by atoms with Gasteiger partial charge in [0, 0.05) is 24.6 Å². The summed E-state index contributed by atoms with van der Waals surface area (Å²) in [6.07, 6.45) is 3.08. The summed E-state index contributed by atoms with van der Waals surface area (Å²) in [5.74, 6) is -0.481. The number of benzene rings is 1. The summed E-state index contributed by atoms with van der Waals surface area (Å²) < 4.78 is 13.8. The van der Waals surface area contributed by atoms with Crippen molar-refractivity contribution in [2.75, 3.05) is 13.1 Å². The number of hydrogen-bond acceptors (Lipinski definition) is 2. The Morgan fingerprint density at radius 3 is 2.95 bits per heavy atom. The number of nitrogens with zero attached hydrogens (tertiary/aromatic N) is 1. The highest BCUT2D eigenvalue weighted by Crippen LogP contribution is 2.29. The van der Waals surface area contributed by atoms with Crippen molar-refractivity contribution in [3.63, 3.8) is 0 Å². The molecule has 1 aromatic carbocycles. The van der Waals surface area contributed by atoms with Crippen LogP contribution < -0.4 is 0 Å². The summed E-state index contributed by atoms with van der Waals surface area (Å²) in [4.78, 5) is 12.9. The van der Waals surface area contributed by atoms with Crippen molar-refractivity contribution in [3.8, 4) is 0 Å². The van der Waals surface area contributed by atoms with Crippen LogP contribution >= 0.6 is 0 Å². The van der Waals surface area contributed by atoms with E-state index in [1.807, 2.05) is 19.1 Å². The zero-order valence-corrected chi connectivity index (χ0v) is 11.9. The normalized spacial score (nSPS) is 21.6. The van der Waals surface area contributed by atoms with E-state index in [2.05, 4.69) is 4.90 Å². The van der Waals surface area contributed by atoms with Gasteiger partial charge in [-0.1, -0.05) is 18.2 Å². The van der Waals surface area contributed by atoms with Gasteiger partial charge in [0.2, 0.25) is 0 Å². The molecule has 0 aliphatic carbocycles.